The van der Waals surface area contributed by atoms with Crippen LogP contribution in [0.2, 0.25) is 0 Å². The highest BCUT2D eigenvalue weighted by molar-refractivity contribution is 6.11. The number of benzene rings is 3. The number of aliphatic hydroxyl groups excluding tert-OH is 2. The maximum absolute atomic E-state index is 14.0. The molecule has 2 atom stereocenters. The lowest BCUT2D eigenvalue weighted by atomic mass is 9.94. The molecule has 0 saturated carbocycles. The summed E-state index contributed by atoms with van der Waals surface area (Å²) in [5, 5.41) is 32.4. The second-order valence-corrected chi connectivity index (χ2v) is 10.3. The van der Waals surface area contributed by atoms with Gasteiger partial charge in [0.15, 0.2) is 0 Å². The lowest BCUT2D eigenvalue weighted by molar-refractivity contribution is -0.139. The van der Waals surface area contributed by atoms with Gasteiger partial charge in [0.2, 0.25) is 0 Å². The molecule has 10 heteroatoms. The van der Waals surface area contributed by atoms with Crippen molar-refractivity contribution in [2.75, 3.05) is 5.32 Å². The summed E-state index contributed by atoms with van der Waals surface area (Å²) in [6.07, 6.45) is -0.397. The highest BCUT2D eigenvalue weighted by Gasteiger charge is 2.29. The number of carboxylic acids is 1. The molecule has 0 bridgehead atoms. The predicted molar refractivity (Wildman–Crippen MR) is 158 cm³/mol. The monoisotopic (exact) mass is 592 g/mol. The second-order valence-electron chi connectivity index (χ2n) is 10.3. The second kappa shape index (κ2) is 13.5. The van der Waals surface area contributed by atoms with E-state index >= 15 is 0 Å². The van der Waals surface area contributed by atoms with Gasteiger partial charge in [-0.15, -0.1) is 0 Å². The Kier molecular flexibility index (Phi) is 9.84. The molecule has 0 spiro atoms. The molecule has 3 aromatic carbocycles. The molecule has 0 aliphatic carbocycles. The average molecular weight is 593 g/mol. The summed E-state index contributed by atoms with van der Waals surface area (Å²) in [6.45, 7) is 3.67. The van der Waals surface area contributed by atoms with Gasteiger partial charge < -0.3 is 25.2 Å². The van der Waals surface area contributed by atoms with Gasteiger partial charge in [0, 0.05) is 35.0 Å². The molecule has 43 heavy (non-hydrogen) atoms. The maximum atomic E-state index is 14.0. The van der Waals surface area contributed by atoms with E-state index in [9.17, 15) is 33.0 Å². The normalized spacial score (nSPS) is 12.9. The van der Waals surface area contributed by atoms with Crippen molar-refractivity contribution in [1.29, 1.82) is 0 Å². The van der Waals surface area contributed by atoms with Gasteiger partial charge in [-0.3, -0.25) is 9.59 Å². The Morgan fingerprint density at radius 1 is 0.814 bits per heavy atom. The zero-order valence-electron chi connectivity index (χ0n) is 23.5. The number of amides is 1. The van der Waals surface area contributed by atoms with Crippen LogP contribution >= 0.6 is 0 Å². The summed E-state index contributed by atoms with van der Waals surface area (Å²) in [6, 6.07) is 16.0. The Hall–Kier alpha value is -4.67. The number of carbonyl (C=O) groups excluding carboxylic acids is 1. The van der Waals surface area contributed by atoms with E-state index in [4.69, 9.17) is 5.11 Å². The summed E-state index contributed by atoms with van der Waals surface area (Å²) in [5.74, 6) is -3.22. The number of aliphatic hydroxyl groups is 2. The summed E-state index contributed by atoms with van der Waals surface area (Å²) in [4.78, 5) is 25.0. The summed E-state index contributed by atoms with van der Waals surface area (Å²) in [7, 11) is 0. The molecule has 7 nitrogen and oxygen atoms in total. The Balaban J connectivity index is 1.97. The van der Waals surface area contributed by atoms with Crippen molar-refractivity contribution in [3.8, 4) is 22.3 Å². The number of aromatic nitrogens is 1. The molecule has 1 aromatic heterocycles. The van der Waals surface area contributed by atoms with Crippen LogP contribution in [0.5, 0.6) is 0 Å². The van der Waals surface area contributed by atoms with Gasteiger partial charge in [0.05, 0.1) is 18.6 Å². The van der Waals surface area contributed by atoms with Crippen molar-refractivity contribution in [3.63, 3.8) is 0 Å². The van der Waals surface area contributed by atoms with E-state index in [0.717, 1.165) is 0 Å². The smallest absolute Gasteiger partial charge is 0.305 e. The van der Waals surface area contributed by atoms with Crippen LogP contribution in [0.25, 0.3) is 28.3 Å². The molecule has 224 valence electrons. The topological polar surface area (TPSA) is 112 Å². The number of aliphatic carboxylic acids is 1. The summed E-state index contributed by atoms with van der Waals surface area (Å²) in [5.41, 5.74) is 2.84. The van der Waals surface area contributed by atoms with E-state index in [0.29, 0.717) is 33.6 Å². The molecular formula is C33H31F3N2O5. The number of halogens is 3. The van der Waals surface area contributed by atoms with Gasteiger partial charge in [0.1, 0.15) is 23.1 Å². The number of hydrogen-bond donors (Lipinski definition) is 4. The summed E-state index contributed by atoms with van der Waals surface area (Å²) < 4.78 is 43.3. The highest BCUT2D eigenvalue weighted by Crippen LogP contribution is 2.43. The quantitative estimate of drug-likeness (QED) is 0.155. The molecular weight excluding hydrogens is 561 g/mol. The molecule has 1 amide bonds. The number of hydrogen-bond acceptors (Lipinski definition) is 4. The zero-order valence-corrected chi connectivity index (χ0v) is 23.5. The predicted octanol–water partition coefficient (Wildman–Crippen LogP) is 6.67. The Morgan fingerprint density at radius 2 is 1.30 bits per heavy atom. The summed E-state index contributed by atoms with van der Waals surface area (Å²) >= 11 is 0. The first kappa shape index (κ1) is 31.3. The SMILES string of the molecule is CC(C)n1c(/C=C/[C@@H](O)C[C@@H](O)CC(=O)O)c(-c2ccc(F)cc2)c(-c2ccc(F)cc2)c1C(=O)Nc1ccc(F)cc1. The molecule has 4 N–H and O–H groups in total. The fraction of sp³-hybridized carbons (Fsp3) is 0.212. The fourth-order valence-corrected chi connectivity index (χ4v) is 4.91. The van der Waals surface area contributed by atoms with Crippen LogP contribution in [0.4, 0.5) is 18.9 Å². The number of anilines is 1. The first-order chi connectivity index (χ1) is 20.4. The minimum atomic E-state index is -1.29. The molecule has 0 saturated heterocycles. The van der Waals surface area contributed by atoms with Gasteiger partial charge in [-0.25, -0.2) is 13.2 Å². The van der Waals surface area contributed by atoms with E-state index in [2.05, 4.69) is 5.32 Å². The number of nitrogens with zero attached hydrogens (tertiary/aromatic N) is 1. The molecule has 0 aliphatic rings. The zero-order chi connectivity index (χ0) is 31.3. The third-order valence-electron chi connectivity index (χ3n) is 6.74. The van der Waals surface area contributed by atoms with Gasteiger partial charge >= 0.3 is 5.97 Å². The Bertz CT molecular complexity index is 1610. The minimum Gasteiger partial charge on any atom is -0.481 e. The van der Waals surface area contributed by atoms with Crippen LogP contribution in [0.15, 0.2) is 78.9 Å². The van der Waals surface area contributed by atoms with E-state index in [1.165, 1.54) is 78.9 Å². The van der Waals surface area contributed by atoms with E-state index < -0.39 is 48.0 Å². The van der Waals surface area contributed by atoms with Crippen LogP contribution < -0.4 is 5.32 Å². The van der Waals surface area contributed by atoms with Crippen molar-refractivity contribution >= 4 is 23.6 Å². The van der Waals surface area contributed by atoms with E-state index in [-0.39, 0.29) is 18.2 Å². The first-order valence-electron chi connectivity index (χ1n) is 13.6. The van der Waals surface area contributed by atoms with Gasteiger partial charge in [0.25, 0.3) is 5.91 Å². The fourth-order valence-electron chi connectivity index (χ4n) is 4.91. The number of nitrogens with one attached hydrogen (secondary N) is 1. The average Bonchev–Trinajstić information content (AvgIpc) is 3.29. The van der Waals surface area contributed by atoms with Gasteiger partial charge in [-0.1, -0.05) is 30.3 Å². The largest absolute Gasteiger partial charge is 0.481 e. The first-order valence-corrected chi connectivity index (χ1v) is 13.6. The molecule has 1 heterocycles. The van der Waals surface area contributed by atoms with E-state index in [1.54, 1.807) is 10.6 Å². The van der Waals surface area contributed by atoms with Crippen molar-refractivity contribution in [2.45, 2.75) is 44.9 Å². The van der Waals surface area contributed by atoms with Crippen LogP contribution in [-0.4, -0.2) is 44.0 Å². The number of carbonyl (C=O) groups is 2. The van der Waals surface area contributed by atoms with Gasteiger partial charge in [-0.2, -0.15) is 0 Å². The standard InChI is InChI=1S/C33H31F3N2O5/c1-19(2)38-28(16-15-26(39)17-27(40)18-29(41)42)30(20-3-7-22(34)8-4-20)31(21-5-9-23(35)10-6-21)32(38)33(43)37-25-13-11-24(36)12-14-25/h3-16,19,26-27,39-40H,17-18H2,1-2H3,(H,37,43)(H,41,42)/b16-15+/t26-,27-/m1/s1. The van der Waals surface area contributed by atoms with Crippen molar-refractivity contribution in [1.82, 2.24) is 4.57 Å². The minimum absolute atomic E-state index is 0.172. The van der Waals surface area contributed by atoms with E-state index in [1.807, 2.05) is 13.8 Å². The number of carboxylic acid groups (broad SMARTS) is 1. The van der Waals surface area contributed by atoms with Crippen molar-refractivity contribution < 1.29 is 38.1 Å². The maximum Gasteiger partial charge on any atom is 0.305 e. The molecule has 0 fully saturated rings. The van der Waals surface area contributed by atoms with Gasteiger partial charge in [-0.05, 0) is 79.6 Å². The Labute approximate surface area is 246 Å². The van der Waals surface area contributed by atoms with Crippen LogP contribution in [0.1, 0.15) is 48.9 Å². The molecule has 0 unspecified atom stereocenters. The lowest BCUT2D eigenvalue weighted by Gasteiger charge is -2.17. The molecule has 4 rings (SSSR count). The third kappa shape index (κ3) is 7.59. The van der Waals surface area contributed by atoms with Crippen molar-refractivity contribution in [2.24, 2.45) is 0 Å². The van der Waals surface area contributed by atoms with Crippen LogP contribution in [0.3, 0.4) is 0 Å². The highest BCUT2D eigenvalue weighted by atomic mass is 19.1. The van der Waals surface area contributed by atoms with Crippen molar-refractivity contribution in [3.05, 3.63) is 108 Å². The molecule has 4 aromatic rings. The molecule has 0 radical (unpaired) electrons. The lowest BCUT2D eigenvalue weighted by Crippen LogP contribution is -2.20. The molecule has 0 aliphatic heterocycles. The number of rotatable bonds is 11. The third-order valence-corrected chi connectivity index (χ3v) is 6.74. The van der Waals surface area contributed by atoms with Crippen LogP contribution in [0, 0.1) is 17.5 Å². The Morgan fingerprint density at radius 3 is 1.79 bits per heavy atom. The van der Waals surface area contributed by atoms with Crippen LogP contribution in [-0.2, 0) is 4.79 Å².